The summed E-state index contributed by atoms with van der Waals surface area (Å²) >= 11 is 5.94. The second-order valence-corrected chi connectivity index (χ2v) is 9.08. The highest BCUT2D eigenvalue weighted by Crippen LogP contribution is 2.29. The van der Waals surface area contributed by atoms with Gasteiger partial charge in [0.05, 0.1) is 26.5 Å². The Morgan fingerprint density at radius 2 is 1.84 bits per heavy atom. The number of hydrogen-bond donors (Lipinski definition) is 1. The van der Waals surface area contributed by atoms with Gasteiger partial charge >= 0.3 is 0 Å². The average Bonchev–Trinajstić information content (AvgIpc) is 2.80. The predicted molar refractivity (Wildman–Crippen MR) is 121 cm³/mol. The minimum Gasteiger partial charge on any atom is -0.497 e. The zero-order chi connectivity index (χ0) is 23.1. The largest absolute Gasteiger partial charge is 0.497 e. The molecule has 0 saturated carbocycles. The normalized spacial score (nSPS) is 11.2. The molecule has 10 heteroatoms. The van der Waals surface area contributed by atoms with Crippen molar-refractivity contribution in [3.63, 3.8) is 0 Å². The number of aromatic nitrogens is 1. The van der Waals surface area contributed by atoms with Crippen LogP contribution < -0.4 is 14.8 Å². The van der Waals surface area contributed by atoms with Crippen LogP contribution in [0.4, 0.5) is 5.69 Å². The molecule has 2 aromatic carbocycles. The predicted octanol–water partition coefficient (Wildman–Crippen LogP) is 3.58. The summed E-state index contributed by atoms with van der Waals surface area (Å²) in [5.41, 5.74) is 1.04. The molecular weight excluding hydrogens is 454 g/mol. The third-order valence-electron chi connectivity index (χ3n) is 4.55. The van der Waals surface area contributed by atoms with Crippen molar-refractivity contribution in [1.29, 1.82) is 0 Å². The maximum atomic E-state index is 13.3. The van der Waals surface area contributed by atoms with E-state index in [4.69, 9.17) is 21.1 Å². The van der Waals surface area contributed by atoms with E-state index in [1.54, 1.807) is 42.5 Å². The molecule has 0 aliphatic carbocycles. The molecule has 1 amide bonds. The molecule has 0 aliphatic rings. The van der Waals surface area contributed by atoms with Crippen molar-refractivity contribution in [1.82, 2.24) is 9.29 Å². The minimum atomic E-state index is -4.00. The number of anilines is 1. The number of carbonyl (C=O) groups excluding carboxylic acids is 1. The standard InChI is InChI=1S/C22H22ClN3O5S/c1-30-18-9-10-21(31-2)20(12-18)25-22(27)15-26(14-16-5-7-17(23)8-6-16)32(28,29)19-4-3-11-24-13-19/h3-13H,14-15H2,1-2H3,(H,25,27). The molecule has 3 aromatic rings. The van der Waals surface area contributed by atoms with Gasteiger partial charge in [-0.1, -0.05) is 23.7 Å². The number of sulfonamides is 1. The fraction of sp³-hybridized carbons (Fsp3) is 0.182. The lowest BCUT2D eigenvalue weighted by atomic mass is 10.2. The zero-order valence-corrected chi connectivity index (χ0v) is 19.1. The molecule has 0 saturated heterocycles. The number of nitrogens with one attached hydrogen (secondary N) is 1. The number of halogens is 1. The van der Waals surface area contributed by atoms with Gasteiger partial charge in [-0.25, -0.2) is 8.42 Å². The maximum Gasteiger partial charge on any atom is 0.245 e. The van der Waals surface area contributed by atoms with Crippen molar-refractivity contribution in [2.24, 2.45) is 0 Å². The molecule has 0 aliphatic heterocycles. The van der Waals surface area contributed by atoms with Crippen LogP contribution in [0.15, 0.2) is 71.9 Å². The summed E-state index contributed by atoms with van der Waals surface area (Å²) in [7, 11) is -1.03. The summed E-state index contributed by atoms with van der Waals surface area (Å²) in [6.45, 7) is -0.461. The first-order chi connectivity index (χ1) is 15.3. The third-order valence-corrected chi connectivity index (χ3v) is 6.57. The Hall–Kier alpha value is -3.14. The number of ether oxygens (including phenoxy) is 2. The number of amides is 1. The van der Waals surface area contributed by atoms with E-state index in [1.807, 2.05) is 0 Å². The smallest absolute Gasteiger partial charge is 0.245 e. The number of carbonyl (C=O) groups is 1. The van der Waals surface area contributed by atoms with E-state index in [2.05, 4.69) is 10.3 Å². The minimum absolute atomic E-state index is 0.0132. The van der Waals surface area contributed by atoms with Crippen LogP contribution in [0.25, 0.3) is 0 Å². The summed E-state index contributed by atoms with van der Waals surface area (Å²) in [5.74, 6) is 0.388. The van der Waals surface area contributed by atoms with Crippen molar-refractivity contribution < 1.29 is 22.7 Å². The quantitative estimate of drug-likeness (QED) is 0.508. The molecule has 0 unspecified atom stereocenters. The van der Waals surface area contributed by atoms with E-state index >= 15 is 0 Å². The van der Waals surface area contributed by atoms with Gasteiger partial charge in [0.2, 0.25) is 15.9 Å². The summed E-state index contributed by atoms with van der Waals surface area (Å²) in [6, 6.07) is 14.6. The van der Waals surface area contributed by atoms with Crippen LogP contribution in [0.3, 0.4) is 0 Å². The Bertz CT molecular complexity index is 1170. The number of pyridine rings is 1. The van der Waals surface area contributed by atoms with Gasteiger partial charge in [-0.05, 0) is 42.0 Å². The molecule has 8 nitrogen and oxygen atoms in total. The zero-order valence-electron chi connectivity index (χ0n) is 17.5. The highest BCUT2D eigenvalue weighted by molar-refractivity contribution is 7.89. The molecular formula is C22H22ClN3O5S. The summed E-state index contributed by atoms with van der Waals surface area (Å²) in [4.78, 5) is 16.7. The molecule has 1 N–H and O–H groups in total. The molecule has 0 bridgehead atoms. The third kappa shape index (κ3) is 5.76. The molecule has 3 rings (SSSR count). The van der Waals surface area contributed by atoms with E-state index in [1.165, 1.54) is 38.7 Å². The van der Waals surface area contributed by atoms with Crippen LogP contribution in [0.1, 0.15) is 5.56 Å². The van der Waals surface area contributed by atoms with Crippen LogP contribution in [0, 0.1) is 0 Å². The average molecular weight is 476 g/mol. The van der Waals surface area contributed by atoms with Crippen molar-refractivity contribution in [3.05, 3.63) is 77.6 Å². The number of benzene rings is 2. The highest BCUT2D eigenvalue weighted by atomic mass is 35.5. The summed E-state index contributed by atoms with van der Waals surface area (Å²) < 4.78 is 38.0. The van der Waals surface area contributed by atoms with Gasteiger partial charge < -0.3 is 14.8 Å². The molecule has 0 spiro atoms. The van der Waals surface area contributed by atoms with Crippen molar-refractivity contribution in [2.45, 2.75) is 11.4 Å². The first-order valence-corrected chi connectivity index (χ1v) is 11.3. The van der Waals surface area contributed by atoms with Gasteiger partial charge in [-0.2, -0.15) is 4.31 Å². The van der Waals surface area contributed by atoms with Crippen molar-refractivity contribution in [3.8, 4) is 11.5 Å². The van der Waals surface area contributed by atoms with Gasteiger partial charge in [0, 0.05) is 30.0 Å². The van der Waals surface area contributed by atoms with E-state index in [9.17, 15) is 13.2 Å². The summed E-state index contributed by atoms with van der Waals surface area (Å²) in [6.07, 6.45) is 2.72. The number of rotatable bonds is 9. The number of methoxy groups -OCH3 is 2. The highest BCUT2D eigenvalue weighted by Gasteiger charge is 2.27. The number of hydrogen-bond acceptors (Lipinski definition) is 6. The second kappa shape index (κ2) is 10.4. The van der Waals surface area contributed by atoms with Gasteiger partial charge in [0.15, 0.2) is 0 Å². The molecule has 0 radical (unpaired) electrons. The van der Waals surface area contributed by atoms with Crippen molar-refractivity contribution >= 4 is 33.2 Å². The Morgan fingerprint density at radius 3 is 2.47 bits per heavy atom. The van der Waals surface area contributed by atoms with Crippen LogP contribution in [-0.4, -0.2) is 44.4 Å². The van der Waals surface area contributed by atoms with E-state index in [-0.39, 0.29) is 11.4 Å². The molecule has 0 atom stereocenters. The summed E-state index contributed by atoms with van der Waals surface area (Å²) in [5, 5.41) is 3.22. The molecule has 1 heterocycles. The first kappa shape index (κ1) is 23.5. The fourth-order valence-electron chi connectivity index (χ4n) is 2.93. The SMILES string of the molecule is COc1ccc(OC)c(NC(=O)CN(Cc2ccc(Cl)cc2)S(=O)(=O)c2cccnc2)c1. The lowest BCUT2D eigenvalue weighted by molar-refractivity contribution is -0.116. The molecule has 168 valence electrons. The number of nitrogens with zero attached hydrogens (tertiary/aromatic N) is 2. The van der Waals surface area contributed by atoms with Gasteiger partial charge in [-0.15, -0.1) is 0 Å². The van der Waals surface area contributed by atoms with Crippen LogP contribution >= 0.6 is 11.6 Å². The van der Waals surface area contributed by atoms with E-state index in [0.717, 1.165) is 4.31 Å². The lowest BCUT2D eigenvalue weighted by Gasteiger charge is -2.22. The Labute approximate surface area is 191 Å². The van der Waals surface area contributed by atoms with E-state index in [0.29, 0.717) is 27.8 Å². The van der Waals surface area contributed by atoms with Crippen LogP contribution in [0.2, 0.25) is 5.02 Å². The van der Waals surface area contributed by atoms with E-state index < -0.39 is 22.5 Å². The molecule has 0 fully saturated rings. The monoisotopic (exact) mass is 475 g/mol. The van der Waals surface area contributed by atoms with Gasteiger partial charge in [0.25, 0.3) is 0 Å². The lowest BCUT2D eigenvalue weighted by Crippen LogP contribution is -2.37. The maximum absolute atomic E-state index is 13.3. The van der Waals surface area contributed by atoms with Crippen LogP contribution in [-0.2, 0) is 21.4 Å². The second-order valence-electron chi connectivity index (χ2n) is 6.70. The molecule has 32 heavy (non-hydrogen) atoms. The van der Waals surface area contributed by atoms with Gasteiger partial charge in [-0.3, -0.25) is 9.78 Å². The Kier molecular flexibility index (Phi) is 7.68. The van der Waals surface area contributed by atoms with Gasteiger partial charge in [0.1, 0.15) is 16.4 Å². The van der Waals surface area contributed by atoms with Crippen LogP contribution in [0.5, 0.6) is 11.5 Å². The van der Waals surface area contributed by atoms with Crippen molar-refractivity contribution in [2.75, 3.05) is 26.1 Å². The fourth-order valence-corrected chi connectivity index (χ4v) is 4.40. The topological polar surface area (TPSA) is 97.8 Å². The molecule has 1 aromatic heterocycles. The first-order valence-electron chi connectivity index (χ1n) is 9.50. The Balaban J connectivity index is 1.88. The Morgan fingerprint density at radius 1 is 1.09 bits per heavy atom.